The average molecular weight is 394 g/mol. The third kappa shape index (κ3) is 6.70. The second kappa shape index (κ2) is 9.36. The molecule has 0 spiro atoms. The second-order valence-corrected chi connectivity index (χ2v) is 6.43. The lowest BCUT2D eigenvalue weighted by Crippen LogP contribution is -2.31. The van der Waals surface area contributed by atoms with E-state index in [0.717, 1.165) is 0 Å². The molecule has 2 rings (SSSR count). The van der Waals surface area contributed by atoms with E-state index < -0.39 is 18.7 Å². The van der Waals surface area contributed by atoms with Gasteiger partial charge in [-0.15, -0.1) is 0 Å². The molecule has 0 aliphatic rings. The molecule has 2 aromatic carbocycles. The van der Waals surface area contributed by atoms with E-state index in [9.17, 15) is 22.8 Å². The number of rotatable bonds is 7. The molecule has 0 radical (unpaired) electrons. The minimum Gasteiger partial charge on any atom is -0.367 e. The highest BCUT2D eigenvalue weighted by molar-refractivity contribution is 6.09. The normalized spacial score (nSPS) is 11.4. The number of anilines is 1. The highest BCUT2D eigenvalue weighted by Crippen LogP contribution is 2.18. The molecule has 0 heterocycles. The molecule has 28 heavy (non-hydrogen) atoms. The van der Waals surface area contributed by atoms with Crippen molar-refractivity contribution in [2.45, 2.75) is 32.7 Å². The van der Waals surface area contributed by atoms with Crippen molar-refractivity contribution in [3.05, 3.63) is 65.2 Å². The molecular formula is C20H21F3N2O3. The van der Waals surface area contributed by atoms with Crippen LogP contribution < -0.4 is 10.6 Å². The Morgan fingerprint density at radius 1 is 1.00 bits per heavy atom. The number of hydrogen-bond acceptors (Lipinski definition) is 3. The fraction of sp³-hybridized carbons (Fsp3) is 0.300. The summed E-state index contributed by atoms with van der Waals surface area (Å²) >= 11 is 0. The zero-order valence-corrected chi connectivity index (χ0v) is 15.5. The number of hydrogen-bond donors (Lipinski definition) is 2. The lowest BCUT2D eigenvalue weighted by molar-refractivity contribution is -0.176. The molecule has 0 saturated heterocycles. The van der Waals surface area contributed by atoms with Gasteiger partial charge >= 0.3 is 6.18 Å². The van der Waals surface area contributed by atoms with Crippen LogP contribution in [-0.2, 0) is 11.3 Å². The number of carbonyl (C=O) groups is 2. The summed E-state index contributed by atoms with van der Waals surface area (Å²) in [6.45, 7) is 2.13. The Bertz CT molecular complexity index is 818. The predicted molar refractivity (Wildman–Crippen MR) is 99.2 cm³/mol. The first-order chi connectivity index (χ1) is 13.2. The van der Waals surface area contributed by atoms with E-state index in [0.29, 0.717) is 22.4 Å². The third-order valence-electron chi connectivity index (χ3n) is 3.59. The Morgan fingerprint density at radius 2 is 1.64 bits per heavy atom. The van der Waals surface area contributed by atoms with Crippen molar-refractivity contribution in [1.82, 2.24) is 5.32 Å². The Labute approximate surface area is 160 Å². The summed E-state index contributed by atoms with van der Waals surface area (Å²) in [6.07, 6.45) is -4.38. The molecule has 0 atom stereocenters. The molecule has 0 aliphatic carbocycles. The third-order valence-corrected chi connectivity index (χ3v) is 3.59. The molecule has 0 aromatic heterocycles. The zero-order valence-electron chi connectivity index (χ0n) is 15.5. The maximum Gasteiger partial charge on any atom is 0.411 e. The van der Waals surface area contributed by atoms with Gasteiger partial charge in [-0.05, 0) is 43.7 Å². The van der Waals surface area contributed by atoms with Gasteiger partial charge in [0.15, 0.2) is 0 Å². The minimum atomic E-state index is -4.38. The molecule has 0 unspecified atom stereocenters. The molecule has 0 bridgehead atoms. The minimum absolute atomic E-state index is 0.0524. The fourth-order valence-corrected chi connectivity index (χ4v) is 2.36. The topological polar surface area (TPSA) is 67.4 Å². The molecular weight excluding hydrogens is 373 g/mol. The smallest absolute Gasteiger partial charge is 0.367 e. The first kappa shape index (κ1) is 21.4. The van der Waals surface area contributed by atoms with Crippen molar-refractivity contribution in [1.29, 1.82) is 0 Å². The van der Waals surface area contributed by atoms with E-state index in [1.54, 1.807) is 24.3 Å². The van der Waals surface area contributed by atoms with E-state index in [4.69, 9.17) is 0 Å². The molecule has 8 heteroatoms. The van der Waals surface area contributed by atoms with Gasteiger partial charge in [0.2, 0.25) is 0 Å². The van der Waals surface area contributed by atoms with Crippen molar-refractivity contribution in [3.8, 4) is 0 Å². The number of nitrogens with one attached hydrogen (secondary N) is 2. The largest absolute Gasteiger partial charge is 0.411 e. The number of amides is 2. The molecule has 2 N–H and O–H groups in total. The first-order valence-corrected chi connectivity index (χ1v) is 8.60. The summed E-state index contributed by atoms with van der Waals surface area (Å²) in [6, 6.07) is 12.6. The van der Waals surface area contributed by atoms with E-state index in [-0.39, 0.29) is 18.6 Å². The quantitative estimate of drug-likeness (QED) is 0.741. The molecule has 2 aromatic rings. The van der Waals surface area contributed by atoms with Crippen LogP contribution in [0.5, 0.6) is 0 Å². The van der Waals surface area contributed by atoms with Crippen LogP contribution in [0.25, 0.3) is 0 Å². The van der Waals surface area contributed by atoms with Crippen molar-refractivity contribution in [2.75, 3.05) is 11.9 Å². The van der Waals surface area contributed by atoms with Crippen LogP contribution in [0.4, 0.5) is 18.9 Å². The van der Waals surface area contributed by atoms with Gasteiger partial charge in [0.1, 0.15) is 6.61 Å². The van der Waals surface area contributed by atoms with Crippen molar-refractivity contribution < 1.29 is 27.5 Å². The van der Waals surface area contributed by atoms with Crippen molar-refractivity contribution in [3.63, 3.8) is 0 Å². The number of carbonyl (C=O) groups excluding carboxylic acids is 2. The number of benzene rings is 2. The van der Waals surface area contributed by atoms with E-state index in [1.165, 1.54) is 24.3 Å². The van der Waals surface area contributed by atoms with Gasteiger partial charge < -0.3 is 15.4 Å². The maximum atomic E-state index is 12.4. The Balaban J connectivity index is 2.03. The zero-order chi connectivity index (χ0) is 20.7. The summed E-state index contributed by atoms with van der Waals surface area (Å²) < 4.78 is 40.8. The summed E-state index contributed by atoms with van der Waals surface area (Å²) in [5.74, 6) is -0.740. The van der Waals surface area contributed by atoms with Gasteiger partial charge in [0.25, 0.3) is 11.8 Å². The van der Waals surface area contributed by atoms with Gasteiger partial charge in [0, 0.05) is 11.6 Å². The number of alkyl halides is 3. The molecule has 0 saturated carbocycles. The van der Waals surface area contributed by atoms with Crippen LogP contribution in [0.15, 0.2) is 48.5 Å². The first-order valence-electron chi connectivity index (χ1n) is 8.60. The maximum absolute atomic E-state index is 12.4. The van der Waals surface area contributed by atoms with E-state index in [1.807, 2.05) is 13.8 Å². The molecule has 2 amide bonds. The highest BCUT2D eigenvalue weighted by atomic mass is 19.4. The van der Waals surface area contributed by atoms with Crippen LogP contribution >= 0.6 is 0 Å². The predicted octanol–water partition coefficient (Wildman–Crippen LogP) is 4.16. The van der Waals surface area contributed by atoms with Gasteiger partial charge in [-0.1, -0.05) is 24.3 Å². The van der Waals surface area contributed by atoms with Gasteiger partial charge in [-0.25, -0.2) is 0 Å². The van der Waals surface area contributed by atoms with E-state index in [2.05, 4.69) is 15.4 Å². The number of ether oxygens (including phenoxy) is 1. The molecule has 150 valence electrons. The summed E-state index contributed by atoms with van der Waals surface area (Å²) in [5, 5.41) is 5.45. The summed E-state index contributed by atoms with van der Waals surface area (Å²) in [5.41, 5.74) is 1.51. The van der Waals surface area contributed by atoms with Gasteiger partial charge in [0.05, 0.1) is 17.9 Å². The number of halogens is 3. The van der Waals surface area contributed by atoms with Crippen LogP contribution in [0, 0.1) is 0 Å². The Hall–Kier alpha value is -2.87. The van der Waals surface area contributed by atoms with Crippen LogP contribution in [0.1, 0.15) is 40.1 Å². The lowest BCUT2D eigenvalue weighted by atomic mass is 10.1. The van der Waals surface area contributed by atoms with Crippen LogP contribution in [0.2, 0.25) is 0 Å². The second-order valence-electron chi connectivity index (χ2n) is 6.43. The Morgan fingerprint density at radius 3 is 2.25 bits per heavy atom. The molecule has 5 nitrogen and oxygen atoms in total. The summed E-state index contributed by atoms with van der Waals surface area (Å²) in [7, 11) is 0. The van der Waals surface area contributed by atoms with Crippen LogP contribution in [-0.4, -0.2) is 30.6 Å². The monoisotopic (exact) mass is 394 g/mol. The van der Waals surface area contributed by atoms with Gasteiger partial charge in [-0.2, -0.15) is 13.2 Å². The van der Waals surface area contributed by atoms with Crippen molar-refractivity contribution >= 4 is 17.5 Å². The Kier molecular flexibility index (Phi) is 7.17. The number of para-hydroxylation sites is 1. The summed E-state index contributed by atoms with van der Waals surface area (Å²) in [4.78, 5) is 24.7. The lowest BCUT2D eigenvalue weighted by Gasteiger charge is -2.13. The fourth-order valence-electron chi connectivity index (χ4n) is 2.36. The van der Waals surface area contributed by atoms with Crippen molar-refractivity contribution in [2.24, 2.45) is 0 Å². The molecule has 0 fully saturated rings. The average Bonchev–Trinajstić information content (AvgIpc) is 2.61. The highest BCUT2D eigenvalue weighted by Gasteiger charge is 2.27. The van der Waals surface area contributed by atoms with Crippen LogP contribution in [0.3, 0.4) is 0 Å². The SMILES string of the molecule is CC(C)NC(=O)c1ccccc1NC(=O)c1ccc(COCC(F)(F)F)cc1. The van der Waals surface area contributed by atoms with E-state index >= 15 is 0 Å². The van der Waals surface area contributed by atoms with Gasteiger partial charge in [-0.3, -0.25) is 9.59 Å². The molecule has 0 aliphatic heterocycles. The standard InChI is InChI=1S/C20H21F3N2O3/c1-13(2)24-19(27)16-5-3-4-6-17(16)25-18(26)15-9-7-14(8-10-15)11-28-12-20(21,22)23/h3-10,13H,11-12H2,1-2H3,(H,24,27)(H,25,26).